The maximum absolute atomic E-state index is 12.2. The van der Waals surface area contributed by atoms with Gasteiger partial charge in [0, 0.05) is 19.8 Å². The van der Waals surface area contributed by atoms with E-state index in [1.807, 2.05) is 11.6 Å². The number of benzene rings is 2. The van der Waals surface area contributed by atoms with E-state index in [2.05, 4.69) is 5.32 Å². The predicted octanol–water partition coefficient (Wildman–Crippen LogP) is 2.86. The number of nitrogens with one attached hydrogen (secondary N) is 2. The molecule has 0 aromatic heterocycles. The predicted molar refractivity (Wildman–Crippen MR) is 100.0 cm³/mol. The van der Waals surface area contributed by atoms with Crippen molar-refractivity contribution in [3.05, 3.63) is 58.6 Å². The van der Waals surface area contributed by atoms with E-state index >= 15 is 0 Å². The van der Waals surface area contributed by atoms with Crippen LogP contribution in [0, 0.1) is 6.92 Å². The van der Waals surface area contributed by atoms with Gasteiger partial charge < -0.3 is 10.2 Å². The third-order valence-electron chi connectivity index (χ3n) is 3.42. The number of amides is 3. The van der Waals surface area contributed by atoms with Gasteiger partial charge >= 0.3 is 6.03 Å². The lowest BCUT2D eigenvalue weighted by Gasteiger charge is -2.13. The van der Waals surface area contributed by atoms with Gasteiger partial charge in [-0.15, -0.1) is 0 Å². The molecule has 7 nitrogen and oxygen atoms in total. The Morgan fingerprint density at radius 2 is 1.65 bits per heavy atom. The highest BCUT2D eigenvalue weighted by Gasteiger charge is 2.18. The Labute approximate surface area is 157 Å². The number of hydrogen-bond donors (Lipinski definition) is 2. The fourth-order valence-electron chi connectivity index (χ4n) is 2.06. The topological polar surface area (TPSA) is 95.6 Å². The summed E-state index contributed by atoms with van der Waals surface area (Å²) in [6, 6.07) is 9.42. The van der Waals surface area contributed by atoms with Crippen molar-refractivity contribution in [1.82, 2.24) is 9.62 Å². The second kappa shape index (κ2) is 7.76. The van der Waals surface area contributed by atoms with Crippen LogP contribution in [0.2, 0.25) is 5.02 Å². The Hall–Kier alpha value is -2.58. The number of rotatable bonds is 4. The smallest absolute Gasteiger partial charge is 0.333 e. The van der Waals surface area contributed by atoms with E-state index in [0.29, 0.717) is 0 Å². The second-order valence-electron chi connectivity index (χ2n) is 5.77. The van der Waals surface area contributed by atoms with Crippen LogP contribution in [0.1, 0.15) is 15.9 Å². The highest BCUT2D eigenvalue weighted by atomic mass is 35.5. The summed E-state index contributed by atoms with van der Waals surface area (Å²) in [6.45, 7) is 1.82. The molecule has 0 aliphatic heterocycles. The van der Waals surface area contributed by atoms with Gasteiger partial charge in [-0.05, 0) is 37.3 Å². The number of anilines is 1. The number of halogens is 1. The molecule has 0 saturated carbocycles. The van der Waals surface area contributed by atoms with E-state index in [4.69, 9.17) is 11.6 Å². The van der Waals surface area contributed by atoms with Crippen molar-refractivity contribution in [3.8, 4) is 0 Å². The van der Waals surface area contributed by atoms with Crippen molar-refractivity contribution in [3.63, 3.8) is 0 Å². The number of urea groups is 1. The molecule has 0 spiro atoms. The molecule has 0 unspecified atom stereocenters. The number of carbonyl (C=O) groups is 2. The molecule has 2 rings (SSSR count). The standard InChI is InChI=1S/C17H18ClN3O4S/c1-11-4-7-13(8-5-11)26(24,25)20-17(23)19-12-6-9-14(15(18)10-12)16(22)21(2)3/h4-10H,1-3H3,(H2,19,20,23). The lowest BCUT2D eigenvalue weighted by Crippen LogP contribution is -2.34. The first-order valence-corrected chi connectivity index (χ1v) is 9.38. The lowest BCUT2D eigenvalue weighted by atomic mass is 10.2. The van der Waals surface area contributed by atoms with Gasteiger partial charge in [0.25, 0.3) is 15.9 Å². The first-order chi connectivity index (χ1) is 12.1. The van der Waals surface area contributed by atoms with E-state index in [9.17, 15) is 18.0 Å². The summed E-state index contributed by atoms with van der Waals surface area (Å²) in [5.41, 5.74) is 1.42. The first kappa shape index (κ1) is 19.7. The molecule has 2 aromatic rings. The molecule has 0 heterocycles. The zero-order chi connectivity index (χ0) is 19.5. The van der Waals surface area contributed by atoms with Crippen molar-refractivity contribution in [2.75, 3.05) is 19.4 Å². The molecule has 3 amide bonds. The van der Waals surface area contributed by atoms with Crippen LogP contribution in [0.25, 0.3) is 0 Å². The molecule has 0 radical (unpaired) electrons. The molecule has 138 valence electrons. The SMILES string of the molecule is Cc1ccc(S(=O)(=O)NC(=O)Nc2ccc(C(=O)N(C)C)c(Cl)c2)cc1. The number of hydrogen-bond acceptors (Lipinski definition) is 4. The Morgan fingerprint density at radius 1 is 1.04 bits per heavy atom. The molecular formula is C17H18ClN3O4S. The van der Waals surface area contributed by atoms with Crippen molar-refractivity contribution < 1.29 is 18.0 Å². The van der Waals surface area contributed by atoms with Crippen LogP contribution < -0.4 is 10.0 Å². The van der Waals surface area contributed by atoms with Gasteiger partial charge in [-0.2, -0.15) is 0 Å². The van der Waals surface area contributed by atoms with E-state index < -0.39 is 16.1 Å². The average Bonchev–Trinajstić information content (AvgIpc) is 2.54. The minimum Gasteiger partial charge on any atom is -0.345 e. The number of aryl methyl sites for hydroxylation is 1. The van der Waals surface area contributed by atoms with Gasteiger partial charge in [-0.3, -0.25) is 4.79 Å². The summed E-state index contributed by atoms with van der Waals surface area (Å²) in [5, 5.41) is 2.52. The molecule has 9 heteroatoms. The molecule has 0 aliphatic rings. The minimum absolute atomic E-state index is 0.0248. The van der Waals surface area contributed by atoms with Gasteiger partial charge in [-0.1, -0.05) is 29.3 Å². The number of sulfonamides is 1. The van der Waals surface area contributed by atoms with Gasteiger partial charge in [-0.25, -0.2) is 17.9 Å². The summed E-state index contributed by atoms with van der Waals surface area (Å²) >= 11 is 6.06. The Kier molecular flexibility index (Phi) is 5.89. The van der Waals surface area contributed by atoms with Crippen molar-refractivity contribution in [2.24, 2.45) is 0 Å². The van der Waals surface area contributed by atoms with E-state index in [1.165, 1.54) is 35.2 Å². The zero-order valence-electron chi connectivity index (χ0n) is 14.4. The summed E-state index contributed by atoms with van der Waals surface area (Å²) in [5.74, 6) is -0.284. The van der Waals surface area contributed by atoms with Gasteiger partial charge in [0.2, 0.25) is 0 Å². The van der Waals surface area contributed by atoms with E-state index in [0.717, 1.165) is 5.56 Å². The maximum atomic E-state index is 12.2. The minimum atomic E-state index is -4.00. The fraction of sp³-hybridized carbons (Fsp3) is 0.176. The van der Waals surface area contributed by atoms with Crippen LogP contribution >= 0.6 is 11.6 Å². The third kappa shape index (κ3) is 4.74. The van der Waals surface area contributed by atoms with E-state index in [1.54, 1.807) is 26.2 Å². The van der Waals surface area contributed by atoms with Crippen LogP contribution in [-0.4, -0.2) is 39.4 Å². The number of carbonyl (C=O) groups excluding carboxylic acids is 2. The summed E-state index contributed by atoms with van der Waals surface area (Å²) in [6.07, 6.45) is 0. The molecule has 0 aliphatic carbocycles. The van der Waals surface area contributed by atoms with Crippen LogP contribution in [0.15, 0.2) is 47.4 Å². The van der Waals surface area contributed by atoms with Crippen LogP contribution in [0.4, 0.5) is 10.5 Å². The normalized spacial score (nSPS) is 10.9. The monoisotopic (exact) mass is 395 g/mol. The third-order valence-corrected chi connectivity index (χ3v) is 5.08. The highest BCUT2D eigenvalue weighted by molar-refractivity contribution is 7.90. The maximum Gasteiger partial charge on any atom is 0.333 e. The average molecular weight is 396 g/mol. The van der Waals surface area contributed by atoms with Gasteiger partial charge in [0.15, 0.2) is 0 Å². The molecule has 0 saturated heterocycles. The number of nitrogens with zero attached hydrogens (tertiary/aromatic N) is 1. The first-order valence-electron chi connectivity index (χ1n) is 7.52. The van der Waals surface area contributed by atoms with Crippen molar-refractivity contribution in [1.29, 1.82) is 0 Å². The summed E-state index contributed by atoms with van der Waals surface area (Å²) in [4.78, 5) is 25.3. The van der Waals surface area contributed by atoms with Crippen LogP contribution in [0.5, 0.6) is 0 Å². The summed E-state index contributed by atoms with van der Waals surface area (Å²) in [7, 11) is -0.812. The van der Waals surface area contributed by atoms with E-state index in [-0.39, 0.29) is 27.1 Å². The Balaban J connectivity index is 2.11. The van der Waals surface area contributed by atoms with Crippen molar-refractivity contribution in [2.45, 2.75) is 11.8 Å². The van der Waals surface area contributed by atoms with Gasteiger partial charge in [0.05, 0.1) is 15.5 Å². The lowest BCUT2D eigenvalue weighted by molar-refractivity contribution is 0.0828. The quantitative estimate of drug-likeness (QED) is 0.832. The molecule has 2 aromatic carbocycles. The second-order valence-corrected chi connectivity index (χ2v) is 7.86. The Morgan fingerprint density at radius 3 is 2.19 bits per heavy atom. The van der Waals surface area contributed by atoms with Gasteiger partial charge in [0.1, 0.15) is 0 Å². The zero-order valence-corrected chi connectivity index (χ0v) is 16.0. The molecular weight excluding hydrogens is 378 g/mol. The van der Waals surface area contributed by atoms with Crippen molar-refractivity contribution >= 4 is 39.2 Å². The highest BCUT2D eigenvalue weighted by Crippen LogP contribution is 2.22. The molecule has 0 bridgehead atoms. The fourth-order valence-corrected chi connectivity index (χ4v) is 3.23. The Bertz CT molecular complexity index is 941. The molecule has 0 fully saturated rings. The molecule has 0 atom stereocenters. The largest absolute Gasteiger partial charge is 0.345 e. The molecule has 2 N–H and O–H groups in total. The van der Waals surface area contributed by atoms with Crippen LogP contribution in [0.3, 0.4) is 0 Å². The van der Waals surface area contributed by atoms with Crippen LogP contribution in [-0.2, 0) is 10.0 Å². The summed E-state index contributed by atoms with van der Waals surface area (Å²) < 4.78 is 26.3. The molecule has 26 heavy (non-hydrogen) atoms.